The van der Waals surface area contributed by atoms with Crippen molar-refractivity contribution in [3.05, 3.63) is 65.7 Å². The highest BCUT2D eigenvalue weighted by Gasteiger charge is 2.17. The summed E-state index contributed by atoms with van der Waals surface area (Å²) >= 11 is 0. The van der Waals surface area contributed by atoms with Crippen molar-refractivity contribution in [1.82, 2.24) is 5.32 Å². The van der Waals surface area contributed by atoms with Crippen LogP contribution >= 0.6 is 0 Å². The van der Waals surface area contributed by atoms with E-state index in [0.29, 0.717) is 13.2 Å². The van der Waals surface area contributed by atoms with Gasteiger partial charge in [0.05, 0.1) is 0 Å². The monoisotopic (exact) mass is 296 g/mol. The average Bonchev–Trinajstić information content (AvgIpc) is 2.59. The lowest BCUT2D eigenvalue weighted by molar-refractivity contribution is 0.139. The van der Waals surface area contributed by atoms with Crippen LogP contribution in [0.5, 0.6) is 0 Å². The van der Waals surface area contributed by atoms with Gasteiger partial charge in [-0.05, 0) is 30.0 Å². The number of para-hydroxylation sites is 1. The van der Waals surface area contributed by atoms with Crippen molar-refractivity contribution >= 4 is 11.8 Å². The Balaban J connectivity index is 1.42. The first-order valence-corrected chi connectivity index (χ1v) is 7.60. The Morgan fingerprint density at radius 2 is 1.91 bits per heavy atom. The molecule has 2 aromatic rings. The molecule has 0 saturated carbocycles. The molecule has 114 valence electrons. The molecule has 2 N–H and O–H groups in total. The minimum absolute atomic E-state index is 0.249. The van der Waals surface area contributed by atoms with Gasteiger partial charge in [-0.25, -0.2) is 4.79 Å². The van der Waals surface area contributed by atoms with E-state index >= 15 is 0 Å². The molecule has 0 radical (unpaired) electrons. The quantitative estimate of drug-likeness (QED) is 0.910. The predicted octanol–water partition coefficient (Wildman–Crippen LogP) is 3.34. The Morgan fingerprint density at radius 1 is 1.14 bits per heavy atom. The van der Waals surface area contributed by atoms with Crippen LogP contribution in [0.15, 0.2) is 54.6 Å². The van der Waals surface area contributed by atoms with Gasteiger partial charge in [-0.2, -0.15) is 0 Å². The molecule has 3 rings (SSSR count). The molecule has 0 aromatic heterocycles. The Morgan fingerprint density at radius 3 is 2.77 bits per heavy atom. The van der Waals surface area contributed by atoms with Crippen LogP contribution in [-0.2, 0) is 17.8 Å². The summed E-state index contributed by atoms with van der Waals surface area (Å²) in [6.45, 7) is 0.871. The summed E-state index contributed by atoms with van der Waals surface area (Å²) in [4.78, 5) is 11.7. The first kappa shape index (κ1) is 14.4. The van der Waals surface area contributed by atoms with Crippen LogP contribution in [-0.4, -0.2) is 18.7 Å². The Bertz CT molecular complexity index is 628. The molecular formula is C18H20N2O2. The van der Waals surface area contributed by atoms with Gasteiger partial charge < -0.3 is 15.4 Å². The van der Waals surface area contributed by atoms with Crippen molar-refractivity contribution < 1.29 is 9.53 Å². The van der Waals surface area contributed by atoms with Crippen LogP contribution in [0.25, 0.3) is 0 Å². The molecule has 1 aliphatic rings. The highest BCUT2D eigenvalue weighted by molar-refractivity contribution is 5.67. The molecule has 0 fully saturated rings. The molecule has 1 atom stereocenters. The molecular weight excluding hydrogens is 276 g/mol. The van der Waals surface area contributed by atoms with E-state index in [1.807, 2.05) is 36.4 Å². The number of rotatable bonds is 4. The maximum atomic E-state index is 11.7. The second-order valence-electron chi connectivity index (χ2n) is 5.48. The van der Waals surface area contributed by atoms with Gasteiger partial charge in [-0.15, -0.1) is 0 Å². The second-order valence-corrected chi connectivity index (χ2v) is 5.48. The third-order valence-electron chi connectivity index (χ3n) is 3.84. The minimum Gasteiger partial charge on any atom is -0.445 e. The van der Waals surface area contributed by atoms with Crippen molar-refractivity contribution in [2.24, 2.45) is 0 Å². The van der Waals surface area contributed by atoms with Crippen molar-refractivity contribution in [2.45, 2.75) is 25.5 Å². The smallest absolute Gasteiger partial charge is 0.407 e. The standard InChI is InChI=1S/C18H20N2O2/c21-18(22-13-14-6-2-1-3-7-14)19-12-16-11-10-15-8-4-5-9-17(15)20-16/h1-9,16,20H,10-13H2,(H,19,21). The molecule has 1 unspecified atom stereocenters. The van der Waals surface area contributed by atoms with Crippen LogP contribution in [0.1, 0.15) is 17.5 Å². The number of carbonyl (C=O) groups excluding carboxylic acids is 1. The molecule has 0 spiro atoms. The Kier molecular flexibility index (Phi) is 4.59. The third-order valence-corrected chi connectivity index (χ3v) is 3.84. The maximum Gasteiger partial charge on any atom is 0.407 e. The fourth-order valence-electron chi connectivity index (χ4n) is 2.63. The largest absolute Gasteiger partial charge is 0.445 e. The van der Waals surface area contributed by atoms with E-state index in [-0.39, 0.29) is 12.1 Å². The fourth-order valence-corrected chi connectivity index (χ4v) is 2.63. The number of nitrogens with one attached hydrogen (secondary N) is 2. The molecule has 4 heteroatoms. The van der Waals surface area contributed by atoms with Gasteiger partial charge in [0.15, 0.2) is 0 Å². The number of fused-ring (bicyclic) bond motifs is 1. The molecule has 1 aliphatic heterocycles. The molecule has 0 saturated heterocycles. The third kappa shape index (κ3) is 3.79. The van der Waals surface area contributed by atoms with Gasteiger partial charge in [0, 0.05) is 18.3 Å². The molecule has 0 bridgehead atoms. The molecule has 1 amide bonds. The summed E-state index contributed by atoms with van der Waals surface area (Å²) in [5, 5.41) is 6.29. The van der Waals surface area contributed by atoms with E-state index in [4.69, 9.17) is 4.74 Å². The normalized spacial score (nSPS) is 16.3. The molecule has 22 heavy (non-hydrogen) atoms. The first-order chi connectivity index (χ1) is 10.8. The van der Waals surface area contributed by atoms with Gasteiger partial charge in [0.25, 0.3) is 0 Å². The van der Waals surface area contributed by atoms with E-state index in [2.05, 4.69) is 28.8 Å². The van der Waals surface area contributed by atoms with Crippen molar-refractivity contribution in [3.63, 3.8) is 0 Å². The summed E-state index contributed by atoms with van der Waals surface area (Å²) in [6, 6.07) is 18.2. The number of benzene rings is 2. The molecule has 1 heterocycles. The van der Waals surface area contributed by atoms with Gasteiger partial charge in [-0.1, -0.05) is 48.5 Å². The highest BCUT2D eigenvalue weighted by Crippen LogP contribution is 2.23. The predicted molar refractivity (Wildman–Crippen MR) is 86.8 cm³/mol. The lowest BCUT2D eigenvalue weighted by Gasteiger charge is -2.27. The molecule has 2 aromatic carbocycles. The van der Waals surface area contributed by atoms with Crippen molar-refractivity contribution in [2.75, 3.05) is 11.9 Å². The van der Waals surface area contributed by atoms with Crippen LogP contribution < -0.4 is 10.6 Å². The zero-order valence-corrected chi connectivity index (χ0v) is 12.4. The van der Waals surface area contributed by atoms with Gasteiger partial charge in [0.1, 0.15) is 6.61 Å². The summed E-state index contributed by atoms with van der Waals surface area (Å²) in [5.41, 5.74) is 3.49. The highest BCUT2D eigenvalue weighted by atomic mass is 16.5. The van der Waals surface area contributed by atoms with E-state index in [1.165, 1.54) is 11.3 Å². The van der Waals surface area contributed by atoms with Gasteiger partial charge in [0.2, 0.25) is 0 Å². The van der Waals surface area contributed by atoms with E-state index in [9.17, 15) is 4.79 Å². The lowest BCUT2D eigenvalue weighted by Crippen LogP contribution is -2.38. The van der Waals surface area contributed by atoms with Gasteiger partial charge >= 0.3 is 6.09 Å². The fraction of sp³-hybridized carbons (Fsp3) is 0.278. The summed E-state index contributed by atoms with van der Waals surface area (Å²) in [5.74, 6) is 0. The van der Waals surface area contributed by atoms with Crippen molar-refractivity contribution in [1.29, 1.82) is 0 Å². The van der Waals surface area contributed by atoms with E-state index in [1.54, 1.807) is 0 Å². The summed E-state index contributed by atoms with van der Waals surface area (Å²) < 4.78 is 5.21. The van der Waals surface area contributed by atoms with Crippen LogP contribution in [0.2, 0.25) is 0 Å². The number of alkyl carbamates (subject to hydrolysis) is 1. The maximum absolute atomic E-state index is 11.7. The van der Waals surface area contributed by atoms with Crippen molar-refractivity contribution in [3.8, 4) is 0 Å². The van der Waals surface area contributed by atoms with E-state index in [0.717, 1.165) is 18.4 Å². The zero-order chi connectivity index (χ0) is 15.2. The molecule has 4 nitrogen and oxygen atoms in total. The average molecular weight is 296 g/mol. The summed E-state index contributed by atoms with van der Waals surface area (Å²) in [6.07, 6.45) is 1.68. The molecule has 0 aliphatic carbocycles. The van der Waals surface area contributed by atoms with Crippen LogP contribution in [0.3, 0.4) is 0 Å². The van der Waals surface area contributed by atoms with E-state index < -0.39 is 0 Å². The number of anilines is 1. The zero-order valence-electron chi connectivity index (χ0n) is 12.4. The number of aryl methyl sites for hydroxylation is 1. The summed E-state index contributed by atoms with van der Waals surface area (Å²) in [7, 11) is 0. The topological polar surface area (TPSA) is 50.4 Å². The minimum atomic E-state index is -0.371. The van der Waals surface area contributed by atoms with Crippen LogP contribution in [0, 0.1) is 0 Å². The number of amides is 1. The first-order valence-electron chi connectivity index (χ1n) is 7.60. The number of hydrogen-bond acceptors (Lipinski definition) is 3. The number of carbonyl (C=O) groups is 1. The number of ether oxygens (including phenoxy) is 1. The van der Waals surface area contributed by atoms with Crippen LogP contribution in [0.4, 0.5) is 10.5 Å². The SMILES string of the molecule is O=C(NCC1CCc2ccccc2N1)OCc1ccccc1. The Labute approximate surface area is 130 Å². The lowest BCUT2D eigenvalue weighted by atomic mass is 9.98. The number of hydrogen-bond donors (Lipinski definition) is 2. The Hall–Kier alpha value is -2.49. The van der Waals surface area contributed by atoms with Gasteiger partial charge in [-0.3, -0.25) is 0 Å². The second kappa shape index (κ2) is 6.98.